The Kier molecular flexibility index (Phi) is 4.10. The minimum atomic E-state index is -0.445. The first-order valence-corrected chi connectivity index (χ1v) is 5.82. The van der Waals surface area contributed by atoms with E-state index in [0.29, 0.717) is 5.69 Å². The van der Waals surface area contributed by atoms with Crippen molar-refractivity contribution in [3.8, 4) is 0 Å². The molecule has 2 aromatic carbocycles. The number of anilines is 2. The fourth-order valence-electron chi connectivity index (χ4n) is 1.86. The van der Waals surface area contributed by atoms with Crippen molar-refractivity contribution in [3.05, 3.63) is 64.7 Å². The van der Waals surface area contributed by atoms with Gasteiger partial charge in [0, 0.05) is 24.4 Å². The molecule has 0 fully saturated rings. The van der Waals surface area contributed by atoms with Crippen molar-refractivity contribution >= 4 is 17.1 Å². The second kappa shape index (κ2) is 5.97. The van der Waals surface area contributed by atoms with Crippen LogP contribution in [0.15, 0.2) is 48.5 Å². The second-order valence-corrected chi connectivity index (χ2v) is 3.87. The summed E-state index contributed by atoms with van der Waals surface area (Å²) in [5.41, 5.74) is 1.11. The first-order valence-electron chi connectivity index (χ1n) is 5.82. The highest BCUT2D eigenvalue weighted by Crippen LogP contribution is 2.32. The van der Waals surface area contributed by atoms with Crippen LogP contribution in [-0.2, 0) is 0 Å². The van der Waals surface area contributed by atoms with Crippen molar-refractivity contribution in [1.82, 2.24) is 0 Å². The monoisotopic (exact) mass is 257 g/mol. The Morgan fingerprint density at radius 3 is 2.58 bits per heavy atom. The molecular weight excluding hydrogens is 244 g/mol. The van der Waals surface area contributed by atoms with Gasteiger partial charge in [0.25, 0.3) is 5.69 Å². The third-order valence-corrected chi connectivity index (χ3v) is 2.67. The van der Waals surface area contributed by atoms with Crippen LogP contribution in [0.1, 0.15) is 0 Å². The Morgan fingerprint density at radius 1 is 1.21 bits per heavy atom. The van der Waals surface area contributed by atoms with E-state index in [-0.39, 0.29) is 18.8 Å². The van der Waals surface area contributed by atoms with Crippen LogP contribution in [0.5, 0.6) is 0 Å². The number of benzene rings is 2. The van der Waals surface area contributed by atoms with E-state index in [4.69, 9.17) is 5.11 Å². The highest BCUT2D eigenvalue weighted by Gasteiger charge is 2.19. The average Bonchev–Trinajstić information content (AvgIpc) is 2.45. The fourth-order valence-corrected chi connectivity index (χ4v) is 1.86. The van der Waals surface area contributed by atoms with Gasteiger partial charge in [-0.25, -0.2) is 0 Å². The van der Waals surface area contributed by atoms with Crippen LogP contribution >= 0.6 is 0 Å². The molecule has 5 nitrogen and oxygen atoms in total. The molecule has 0 aliphatic carbocycles. The molecule has 0 aliphatic heterocycles. The number of para-hydroxylation sites is 2. The number of rotatable bonds is 5. The van der Waals surface area contributed by atoms with Crippen LogP contribution in [0, 0.1) is 16.2 Å². The number of nitro groups is 1. The molecular formula is C14H13N2O3. The molecule has 0 bridgehead atoms. The first-order chi connectivity index (χ1) is 9.24. The summed E-state index contributed by atoms with van der Waals surface area (Å²) in [4.78, 5) is 12.3. The van der Waals surface area contributed by atoms with Crippen LogP contribution in [0.2, 0.25) is 0 Å². The van der Waals surface area contributed by atoms with Crippen molar-refractivity contribution in [3.63, 3.8) is 0 Å². The maximum Gasteiger partial charge on any atom is 0.293 e. The van der Waals surface area contributed by atoms with E-state index >= 15 is 0 Å². The van der Waals surface area contributed by atoms with E-state index < -0.39 is 4.92 Å². The molecule has 0 saturated carbocycles. The van der Waals surface area contributed by atoms with Gasteiger partial charge in [0.2, 0.25) is 0 Å². The van der Waals surface area contributed by atoms with E-state index in [9.17, 15) is 10.1 Å². The van der Waals surface area contributed by atoms with Crippen LogP contribution in [0.25, 0.3) is 0 Å². The van der Waals surface area contributed by atoms with E-state index in [1.165, 1.54) is 6.07 Å². The van der Waals surface area contributed by atoms with Gasteiger partial charge >= 0.3 is 0 Å². The lowest BCUT2D eigenvalue weighted by molar-refractivity contribution is -0.384. The van der Waals surface area contributed by atoms with Gasteiger partial charge in [0.1, 0.15) is 5.69 Å². The van der Waals surface area contributed by atoms with Crippen LogP contribution in [0.4, 0.5) is 17.1 Å². The number of aliphatic hydroxyl groups is 1. The number of nitrogens with zero attached hydrogens (tertiary/aromatic N) is 2. The minimum absolute atomic E-state index is 0.0280. The lowest BCUT2D eigenvalue weighted by atomic mass is 10.2. The molecule has 0 aromatic heterocycles. The molecule has 0 spiro atoms. The van der Waals surface area contributed by atoms with Gasteiger partial charge in [-0.3, -0.25) is 10.1 Å². The fraction of sp³-hybridized carbons (Fsp3) is 0.143. The molecule has 0 saturated heterocycles. The number of nitro benzene ring substituents is 1. The average molecular weight is 257 g/mol. The van der Waals surface area contributed by atoms with Crippen molar-refractivity contribution in [2.24, 2.45) is 0 Å². The van der Waals surface area contributed by atoms with Gasteiger partial charge in [-0.15, -0.1) is 0 Å². The molecule has 0 aliphatic rings. The molecule has 0 atom stereocenters. The molecule has 19 heavy (non-hydrogen) atoms. The van der Waals surface area contributed by atoms with Gasteiger partial charge < -0.3 is 10.0 Å². The Balaban J connectivity index is 2.48. The van der Waals surface area contributed by atoms with Gasteiger partial charge in [-0.2, -0.15) is 0 Å². The number of aliphatic hydroxyl groups excluding tert-OH is 1. The summed E-state index contributed by atoms with van der Waals surface area (Å²) in [7, 11) is 0. The van der Waals surface area contributed by atoms with Crippen molar-refractivity contribution in [2.45, 2.75) is 0 Å². The Hall–Kier alpha value is -2.40. The lowest BCUT2D eigenvalue weighted by Crippen LogP contribution is -2.22. The second-order valence-electron chi connectivity index (χ2n) is 3.87. The van der Waals surface area contributed by atoms with E-state index in [1.807, 2.05) is 30.3 Å². The molecule has 1 N–H and O–H groups in total. The smallest absolute Gasteiger partial charge is 0.293 e. The van der Waals surface area contributed by atoms with E-state index in [1.54, 1.807) is 17.0 Å². The topological polar surface area (TPSA) is 66.6 Å². The predicted molar refractivity (Wildman–Crippen MR) is 72.5 cm³/mol. The number of hydrogen-bond donors (Lipinski definition) is 1. The molecule has 0 heterocycles. The highest BCUT2D eigenvalue weighted by molar-refractivity contribution is 5.71. The Bertz CT molecular complexity index is 558. The van der Waals surface area contributed by atoms with E-state index in [0.717, 1.165) is 5.69 Å². The van der Waals surface area contributed by atoms with Crippen LogP contribution < -0.4 is 4.90 Å². The van der Waals surface area contributed by atoms with Gasteiger partial charge in [-0.05, 0) is 12.1 Å². The molecule has 0 unspecified atom stereocenters. The zero-order valence-electron chi connectivity index (χ0n) is 10.2. The van der Waals surface area contributed by atoms with Crippen LogP contribution in [-0.4, -0.2) is 23.2 Å². The summed E-state index contributed by atoms with van der Waals surface area (Å²) >= 11 is 0. The standard InChI is InChI=1S/C14H13N2O3/c17-11-10-15(12-6-2-1-3-7-12)13-8-4-5-9-14(13)16(18)19/h1-7,9,17H,10-11H2. The maximum absolute atomic E-state index is 11.1. The van der Waals surface area contributed by atoms with Gasteiger partial charge in [0.15, 0.2) is 0 Å². The molecule has 97 valence electrons. The predicted octanol–water partition coefficient (Wildman–Crippen LogP) is 2.53. The van der Waals surface area contributed by atoms with Gasteiger partial charge in [-0.1, -0.05) is 30.3 Å². The summed E-state index contributed by atoms with van der Waals surface area (Å²) < 4.78 is 0. The van der Waals surface area contributed by atoms with Gasteiger partial charge in [0.05, 0.1) is 11.5 Å². The van der Waals surface area contributed by atoms with Crippen molar-refractivity contribution in [2.75, 3.05) is 18.1 Å². The molecule has 0 amide bonds. The summed E-state index contributed by atoms with van der Waals surface area (Å²) in [6, 6.07) is 16.7. The first kappa shape index (κ1) is 13.0. The summed E-state index contributed by atoms with van der Waals surface area (Å²) in [6.45, 7) is 0.167. The van der Waals surface area contributed by atoms with Crippen LogP contribution in [0.3, 0.4) is 0 Å². The quantitative estimate of drug-likeness (QED) is 0.660. The normalized spacial score (nSPS) is 10.2. The zero-order chi connectivity index (χ0) is 13.7. The Labute approximate surface area is 110 Å². The lowest BCUT2D eigenvalue weighted by Gasteiger charge is -2.23. The largest absolute Gasteiger partial charge is 0.395 e. The van der Waals surface area contributed by atoms with Crippen molar-refractivity contribution < 1.29 is 10.0 Å². The molecule has 2 rings (SSSR count). The number of hydrogen-bond acceptors (Lipinski definition) is 4. The zero-order valence-corrected chi connectivity index (χ0v) is 10.2. The Morgan fingerprint density at radius 2 is 1.95 bits per heavy atom. The third-order valence-electron chi connectivity index (χ3n) is 2.67. The SMILES string of the molecule is O=[N+]([O-])c1ccc[c]c1N(CCO)c1ccccc1. The molecule has 5 heteroatoms. The maximum atomic E-state index is 11.1. The van der Waals surface area contributed by atoms with E-state index in [2.05, 4.69) is 6.07 Å². The molecule has 2 aromatic rings. The molecule has 1 radical (unpaired) electrons. The highest BCUT2D eigenvalue weighted by atomic mass is 16.6. The van der Waals surface area contributed by atoms with Crippen molar-refractivity contribution in [1.29, 1.82) is 0 Å². The summed E-state index contributed by atoms with van der Waals surface area (Å²) in [5.74, 6) is 0. The summed E-state index contributed by atoms with van der Waals surface area (Å²) in [6.07, 6.45) is 0. The third kappa shape index (κ3) is 2.89. The minimum Gasteiger partial charge on any atom is -0.395 e. The summed E-state index contributed by atoms with van der Waals surface area (Å²) in [5, 5.41) is 20.2.